The van der Waals surface area contributed by atoms with Crippen molar-refractivity contribution >= 4 is 23.1 Å². The van der Waals surface area contributed by atoms with E-state index in [4.69, 9.17) is 9.47 Å². The topological polar surface area (TPSA) is 122 Å². The molecule has 2 aromatic carbocycles. The van der Waals surface area contributed by atoms with Crippen molar-refractivity contribution in [2.45, 2.75) is 6.04 Å². The number of carbonyl (C=O) groups is 2. The Morgan fingerprint density at radius 2 is 1.88 bits per heavy atom. The van der Waals surface area contributed by atoms with Crippen LogP contribution >= 0.6 is 0 Å². The third-order valence-electron chi connectivity index (χ3n) is 6.04. The number of Topliss-reactive ketones (excluding diaryl/α,β-unsaturated/α-hetero) is 1. The minimum Gasteiger partial charge on any atom is -0.507 e. The van der Waals surface area contributed by atoms with Gasteiger partial charge in [0, 0.05) is 43.9 Å². The van der Waals surface area contributed by atoms with Crippen molar-refractivity contribution in [3.8, 4) is 5.75 Å². The first-order chi connectivity index (χ1) is 16.4. The van der Waals surface area contributed by atoms with Crippen LogP contribution in [0.4, 0.5) is 5.69 Å². The van der Waals surface area contributed by atoms with Gasteiger partial charge in [0.15, 0.2) is 0 Å². The van der Waals surface area contributed by atoms with E-state index in [9.17, 15) is 24.8 Å². The lowest BCUT2D eigenvalue weighted by Gasteiger charge is -2.31. The van der Waals surface area contributed by atoms with Crippen molar-refractivity contribution in [2.75, 3.05) is 46.5 Å². The van der Waals surface area contributed by atoms with Crippen LogP contribution < -0.4 is 4.74 Å². The molecule has 10 nitrogen and oxygen atoms in total. The highest BCUT2D eigenvalue weighted by atomic mass is 16.6. The minimum atomic E-state index is -0.966. The largest absolute Gasteiger partial charge is 0.507 e. The SMILES string of the molecule is COc1cccc(C(O)=C2C(=O)C(=O)N(CCN3CCOCC3)C2c2cccc([N+](=O)[O-])c2)c1. The van der Waals surface area contributed by atoms with Gasteiger partial charge in [0.1, 0.15) is 11.5 Å². The van der Waals surface area contributed by atoms with Crippen LogP contribution in [0.1, 0.15) is 17.2 Å². The van der Waals surface area contributed by atoms with Crippen LogP contribution in [0.3, 0.4) is 0 Å². The number of likely N-dealkylation sites (tertiary alicyclic amines) is 1. The standard InChI is InChI=1S/C24H25N3O7/c1-33-19-7-3-5-17(15-19)22(28)20-21(16-4-2-6-18(14-16)27(31)32)26(24(30)23(20)29)9-8-25-10-12-34-13-11-25/h2-7,14-15,21,28H,8-13H2,1H3. The highest BCUT2D eigenvalue weighted by Gasteiger charge is 2.46. The molecule has 0 aliphatic carbocycles. The van der Waals surface area contributed by atoms with E-state index >= 15 is 0 Å². The molecule has 2 aromatic rings. The zero-order valence-corrected chi connectivity index (χ0v) is 18.7. The van der Waals surface area contributed by atoms with E-state index in [2.05, 4.69) is 4.90 Å². The van der Waals surface area contributed by atoms with E-state index in [0.717, 1.165) is 0 Å². The van der Waals surface area contributed by atoms with Crippen molar-refractivity contribution < 1.29 is 29.1 Å². The Bertz CT molecular complexity index is 1140. The average Bonchev–Trinajstić information content (AvgIpc) is 3.12. The van der Waals surface area contributed by atoms with Gasteiger partial charge in [-0.2, -0.15) is 0 Å². The second-order valence-electron chi connectivity index (χ2n) is 8.03. The van der Waals surface area contributed by atoms with E-state index in [1.807, 2.05) is 0 Å². The Labute approximate surface area is 196 Å². The summed E-state index contributed by atoms with van der Waals surface area (Å²) in [6, 6.07) is 11.3. The van der Waals surface area contributed by atoms with Gasteiger partial charge in [-0.25, -0.2) is 0 Å². The number of amides is 1. The maximum atomic E-state index is 13.1. The predicted octanol–water partition coefficient (Wildman–Crippen LogP) is 2.36. The van der Waals surface area contributed by atoms with Crippen LogP contribution in [0.25, 0.3) is 5.76 Å². The fourth-order valence-corrected chi connectivity index (χ4v) is 4.27. The van der Waals surface area contributed by atoms with Crippen molar-refractivity contribution in [3.05, 3.63) is 75.3 Å². The molecule has 2 aliphatic heterocycles. The van der Waals surface area contributed by atoms with Crippen LogP contribution in [0.15, 0.2) is 54.1 Å². The highest BCUT2D eigenvalue weighted by molar-refractivity contribution is 6.46. The maximum absolute atomic E-state index is 13.1. The van der Waals surface area contributed by atoms with Gasteiger partial charge in [0.05, 0.1) is 36.9 Å². The molecule has 2 heterocycles. The number of non-ortho nitro benzene ring substituents is 1. The summed E-state index contributed by atoms with van der Waals surface area (Å²) in [5.41, 5.74) is 0.402. The van der Waals surface area contributed by atoms with Crippen molar-refractivity contribution in [1.82, 2.24) is 9.80 Å². The summed E-state index contributed by atoms with van der Waals surface area (Å²) in [6.45, 7) is 3.30. The van der Waals surface area contributed by atoms with E-state index in [0.29, 0.717) is 49.7 Å². The van der Waals surface area contributed by atoms with Crippen LogP contribution in [0.5, 0.6) is 5.75 Å². The molecule has 34 heavy (non-hydrogen) atoms. The first kappa shape index (κ1) is 23.4. The number of morpholine rings is 1. The number of hydrogen-bond acceptors (Lipinski definition) is 8. The normalized spacial score (nSPS) is 20.5. The number of methoxy groups -OCH3 is 1. The molecule has 2 fully saturated rings. The zero-order valence-electron chi connectivity index (χ0n) is 18.7. The van der Waals surface area contributed by atoms with Gasteiger partial charge in [-0.1, -0.05) is 24.3 Å². The van der Waals surface area contributed by atoms with Crippen LogP contribution in [0, 0.1) is 10.1 Å². The molecule has 1 atom stereocenters. The van der Waals surface area contributed by atoms with Gasteiger partial charge in [0.25, 0.3) is 17.4 Å². The van der Waals surface area contributed by atoms with E-state index in [-0.39, 0.29) is 23.6 Å². The third-order valence-corrected chi connectivity index (χ3v) is 6.04. The number of ketones is 1. The summed E-state index contributed by atoms with van der Waals surface area (Å²) < 4.78 is 10.6. The fraction of sp³-hybridized carbons (Fsp3) is 0.333. The fourth-order valence-electron chi connectivity index (χ4n) is 4.27. The molecule has 1 N–H and O–H groups in total. The molecule has 0 aromatic heterocycles. The van der Waals surface area contributed by atoms with Crippen LogP contribution in [-0.4, -0.2) is 78.0 Å². The molecule has 0 bridgehead atoms. The Kier molecular flexibility index (Phi) is 6.90. The van der Waals surface area contributed by atoms with Gasteiger partial charge in [-0.15, -0.1) is 0 Å². The van der Waals surface area contributed by atoms with Gasteiger partial charge in [0.2, 0.25) is 0 Å². The van der Waals surface area contributed by atoms with E-state index < -0.39 is 22.7 Å². The first-order valence-electron chi connectivity index (χ1n) is 10.9. The number of nitro benzene ring substituents is 1. The number of ether oxygens (including phenoxy) is 2. The summed E-state index contributed by atoms with van der Waals surface area (Å²) in [6.07, 6.45) is 0. The summed E-state index contributed by atoms with van der Waals surface area (Å²) in [5.74, 6) is -1.48. The molecule has 1 amide bonds. The Hall–Kier alpha value is -3.76. The summed E-state index contributed by atoms with van der Waals surface area (Å²) in [7, 11) is 1.48. The third kappa shape index (κ3) is 4.63. The number of aliphatic hydroxyl groups is 1. The molecular formula is C24H25N3O7. The maximum Gasteiger partial charge on any atom is 0.295 e. The van der Waals surface area contributed by atoms with Gasteiger partial charge < -0.3 is 19.5 Å². The summed E-state index contributed by atoms with van der Waals surface area (Å²) in [5, 5.41) is 22.5. The molecule has 178 valence electrons. The molecule has 0 spiro atoms. The smallest absolute Gasteiger partial charge is 0.295 e. The molecule has 2 saturated heterocycles. The lowest BCUT2D eigenvalue weighted by molar-refractivity contribution is -0.384. The van der Waals surface area contributed by atoms with Crippen molar-refractivity contribution in [3.63, 3.8) is 0 Å². The van der Waals surface area contributed by atoms with Crippen molar-refractivity contribution in [2.24, 2.45) is 0 Å². The number of aliphatic hydroxyl groups excluding tert-OH is 1. The van der Waals surface area contributed by atoms with E-state index in [1.54, 1.807) is 30.3 Å². The number of nitrogens with zero attached hydrogens (tertiary/aromatic N) is 3. The van der Waals surface area contributed by atoms with Gasteiger partial charge in [-0.05, 0) is 17.7 Å². The molecule has 10 heteroatoms. The van der Waals surface area contributed by atoms with Gasteiger partial charge in [-0.3, -0.25) is 24.6 Å². The Balaban J connectivity index is 1.78. The van der Waals surface area contributed by atoms with Crippen LogP contribution in [0.2, 0.25) is 0 Å². The molecule has 1 unspecified atom stereocenters. The Morgan fingerprint density at radius 3 is 2.59 bits per heavy atom. The molecule has 4 rings (SSSR count). The zero-order chi connectivity index (χ0) is 24.2. The average molecular weight is 467 g/mol. The van der Waals surface area contributed by atoms with Crippen LogP contribution in [-0.2, 0) is 14.3 Å². The second kappa shape index (κ2) is 10.0. The summed E-state index contributed by atoms with van der Waals surface area (Å²) >= 11 is 0. The molecule has 0 radical (unpaired) electrons. The van der Waals surface area contributed by atoms with Crippen molar-refractivity contribution in [1.29, 1.82) is 0 Å². The number of rotatable bonds is 7. The number of nitro groups is 1. The second-order valence-corrected chi connectivity index (χ2v) is 8.03. The van der Waals surface area contributed by atoms with E-state index in [1.165, 1.54) is 30.2 Å². The number of carbonyl (C=O) groups excluding carboxylic acids is 2. The van der Waals surface area contributed by atoms with Gasteiger partial charge >= 0.3 is 0 Å². The number of hydrogen-bond donors (Lipinski definition) is 1. The quantitative estimate of drug-likeness (QED) is 0.217. The monoisotopic (exact) mass is 467 g/mol. The predicted molar refractivity (Wildman–Crippen MR) is 122 cm³/mol. The minimum absolute atomic E-state index is 0.110. The Morgan fingerprint density at radius 1 is 1.15 bits per heavy atom. The molecular weight excluding hydrogens is 442 g/mol. The first-order valence-corrected chi connectivity index (χ1v) is 10.9. The highest BCUT2D eigenvalue weighted by Crippen LogP contribution is 2.40. The lowest BCUT2D eigenvalue weighted by Crippen LogP contribution is -2.42. The number of benzene rings is 2. The lowest BCUT2D eigenvalue weighted by atomic mass is 9.95. The summed E-state index contributed by atoms with van der Waals surface area (Å²) in [4.78, 5) is 40.6. The molecule has 2 aliphatic rings. The molecule has 0 saturated carbocycles.